The summed E-state index contributed by atoms with van der Waals surface area (Å²) >= 11 is 1.98. The largest absolute Gasteiger partial charge is 0.381 e. The molecular formula is C22H36N4OS. The molecule has 0 aliphatic carbocycles. The predicted molar refractivity (Wildman–Crippen MR) is 119 cm³/mol. The van der Waals surface area contributed by atoms with E-state index in [4.69, 9.17) is 9.73 Å². The number of ether oxygens (including phenoxy) is 1. The standard InChI is InChI=1S/C22H36N4OS/c1-4-23-21(24-18-22(25(2)3)11-14-27-15-12-22)26-13-10-19(16-26)17-28-20-8-6-5-7-9-20/h5-9,19H,4,10-18H2,1-3H3,(H,23,24). The van der Waals surface area contributed by atoms with Gasteiger partial charge in [0.05, 0.1) is 6.54 Å². The summed E-state index contributed by atoms with van der Waals surface area (Å²) in [5.74, 6) is 2.99. The zero-order chi connectivity index (χ0) is 19.8. The number of nitrogens with zero attached hydrogens (tertiary/aromatic N) is 3. The van der Waals surface area contributed by atoms with Crippen LogP contribution >= 0.6 is 11.8 Å². The van der Waals surface area contributed by atoms with Gasteiger partial charge in [-0.3, -0.25) is 4.99 Å². The van der Waals surface area contributed by atoms with E-state index in [1.165, 1.54) is 17.1 Å². The summed E-state index contributed by atoms with van der Waals surface area (Å²) in [6.45, 7) is 7.79. The molecular weight excluding hydrogens is 368 g/mol. The fourth-order valence-corrected chi connectivity index (χ4v) is 5.09. The number of aliphatic imine (C=N–C) groups is 1. The lowest BCUT2D eigenvalue weighted by atomic mass is 9.89. The summed E-state index contributed by atoms with van der Waals surface area (Å²) in [6, 6.07) is 10.7. The Hall–Kier alpha value is -1.24. The van der Waals surface area contributed by atoms with Gasteiger partial charge in [0.2, 0.25) is 0 Å². The van der Waals surface area contributed by atoms with Crippen LogP contribution in [0, 0.1) is 5.92 Å². The minimum absolute atomic E-state index is 0.126. The number of likely N-dealkylation sites (tertiary alicyclic amines) is 1. The molecule has 2 fully saturated rings. The number of rotatable bonds is 7. The number of benzene rings is 1. The third kappa shape index (κ3) is 5.65. The van der Waals surface area contributed by atoms with Crippen LogP contribution in [-0.4, -0.2) is 80.5 Å². The second-order valence-electron chi connectivity index (χ2n) is 8.13. The molecule has 2 heterocycles. The molecule has 1 aromatic carbocycles. The lowest BCUT2D eigenvalue weighted by Gasteiger charge is -2.42. The van der Waals surface area contributed by atoms with Gasteiger partial charge in [-0.2, -0.15) is 0 Å². The Balaban J connectivity index is 1.58. The van der Waals surface area contributed by atoms with E-state index in [1.807, 2.05) is 11.8 Å². The molecule has 1 N–H and O–H groups in total. The van der Waals surface area contributed by atoms with Gasteiger partial charge in [-0.25, -0.2) is 0 Å². The van der Waals surface area contributed by atoms with Gasteiger partial charge in [0.15, 0.2) is 5.96 Å². The van der Waals surface area contributed by atoms with Gasteiger partial charge >= 0.3 is 0 Å². The first-order valence-electron chi connectivity index (χ1n) is 10.6. The zero-order valence-corrected chi connectivity index (χ0v) is 18.5. The monoisotopic (exact) mass is 404 g/mol. The van der Waals surface area contributed by atoms with E-state index in [-0.39, 0.29) is 5.54 Å². The van der Waals surface area contributed by atoms with Crippen molar-refractivity contribution in [3.63, 3.8) is 0 Å². The van der Waals surface area contributed by atoms with Crippen LogP contribution in [0.15, 0.2) is 40.2 Å². The summed E-state index contributed by atoms with van der Waals surface area (Å²) < 4.78 is 5.60. The Morgan fingerprint density at radius 2 is 2.04 bits per heavy atom. The molecule has 1 atom stereocenters. The third-order valence-electron chi connectivity index (χ3n) is 6.04. The molecule has 28 heavy (non-hydrogen) atoms. The van der Waals surface area contributed by atoms with Crippen molar-refractivity contribution in [3.8, 4) is 0 Å². The van der Waals surface area contributed by atoms with E-state index in [9.17, 15) is 0 Å². The van der Waals surface area contributed by atoms with Gasteiger partial charge in [0.1, 0.15) is 0 Å². The molecule has 0 spiro atoms. The highest BCUT2D eigenvalue weighted by Gasteiger charge is 2.35. The van der Waals surface area contributed by atoms with Crippen molar-refractivity contribution >= 4 is 17.7 Å². The van der Waals surface area contributed by atoms with Crippen LogP contribution in [0.2, 0.25) is 0 Å². The van der Waals surface area contributed by atoms with E-state index in [0.29, 0.717) is 0 Å². The number of hydrogen-bond acceptors (Lipinski definition) is 4. The second-order valence-corrected chi connectivity index (χ2v) is 9.22. The lowest BCUT2D eigenvalue weighted by molar-refractivity contribution is -0.00262. The Kier molecular flexibility index (Phi) is 8.06. The minimum atomic E-state index is 0.126. The average Bonchev–Trinajstić information content (AvgIpc) is 3.20. The minimum Gasteiger partial charge on any atom is -0.381 e. The van der Waals surface area contributed by atoms with E-state index in [2.05, 4.69) is 66.5 Å². The van der Waals surface area contributed by atoms with E-state index in [0.717, 1.165) is 64.1 Å². The maximum absolute atomic E-state index is 5.60. The number of guanidine groups is 1. The van der Waals surface area contributed by atoms with Crippen LogP contribution in [0.5, 0.6) is 0 Å². The number of nitrogens with one attached hydrogen (secondary N) is 1. The second kappa shape index (κ2) is 10.5. The fraction of sp³-hybridized carbons (Fsp3) is 0.682. The quantitative estimate of drug-likeness (QED) is 0.429. The Labute approximate surface area is 174 Å². The molecule has 0 amide bonds. The molecule has 2 aliphatic rings. The molecule has 0 saturated carbocycles. The van der Waals surface area contributed by atoms with Gasteiger partial charge < -0.3 is 19.9 Å². The van der Waals surface area contributed by atoms with Crippen molar-refractivity contribution in [2.24, 2.45) is 10.9 Å². The van der Waals surface area contributed by atoms with Gasteiger partial charge in [0, 0.05) is 49.0 Å². The maximum Gasteiger partial charge on any atom is 0.193 e. The number of thioether (sulfide) groups is 1. The van der Waals surface area contributed by atoms with Crippen molar-refractivity contribution in [1.82, 2.24) is 15.1 Å². The van der Waals surface area contributed by atoms with Crippen LogP contribution in [0.25, 0.3) is 0 Å². The Bertz CT molecular complexity index is 616. The van der Waals surface area contributed by atoms with Gasteiger partial charge in [0.25, 0.3) is 0 Å². The normalized spacial score (nSPS) is 22.6. The smallest absolute Gasteiger partial charge is 0.193 e. The number of hydrogen-bond donors (Lipinski definition) is 1. The van der Waals surface area contributed by atoms with Crippen molar-refractivity contribution in [2.75, 3.05) is 59.2 Å². The van der Waals surface area contributed by atoms with Crippen LogP contribution in [-0.2, 0) is 4.74 Å². The van der Waals surface area contributed by atoms with Crippen LogP contribution in [0.3, 0.4) is 0 Å². The molecule has 0 radical (unpaired) electrons. The summed E-state index contributed by atoms with van der Waals surface area (Å²) in [5.41, 5.74) is 0.126. The topological polar surface area (TPSA) is 40.1 Å². The first kappa shape index (κ1) is 21.5. The first-order chi connectivity index (χ1) is 13.6. The van der Waals surface area contributed by atoms with Crippen molar-refractivity contribution < 1.29 is 4.74 Å². The van der Waals surface area contributed by atoms with E-state index >= 15 is 0 Å². The highest BCUT2D eigenvalue weighted by Crippen LogP contribution is 2.28. The van der Waals surface area contributed by atoms with Gasteiger partial charge in [-0.15, -0.1) is 11.8 Å². The lowest BCUT2D eigenvalue weighted by Crippen LogP contribution is -2.52. The third-order valence-corrected chi connectivity index (χ3v) is 7.29. The maximum atomic E-state index is 5.60. The average molecular weight is 405 g/mol. The first-order valence-corrected chi connectivity index (χ1v) is 11.6. The molecule has 156 valence electrons. The molecule has 3 rings (SSSR count). The van der Waals surface area contributed by atoms with Crippen LogP contribution in [0.1, 0.15) is 26.2 Å². The van der Waals surface area contributed by atoms with Gasteiger partial charge in [-0.1, -0.05) is 18.2 Å². The van der Waals surface area contributed by atoms with Crippen molar-refractivity contribution in [3.05, 3.63) is 30.3 Å². The molecule has 1 aromatic rings. The summed E-state index contributed by atoms with van der Waals surface area (Å²) in [7, 11) is 4.36. The molecule has 6 heteroatoms. The summed E-state index contributed by atoms with van der Waals surface area (Å²) in [5, 5.41) is 3.53. The van der Waals surface area contributed by atoms with Crippen molar-refractivity contribution in [1.29, 1.82) is 0 Å². The van der Waals surface area contributed by atoms with Gasteiger partial charge in [-0.05, 0) is 58.3 Å². The summed E-state index contributed by atoms with van der Waals surface area (Å²) in [6.07, 6.45) is 3.36. The zero-order valence-electron chi connectivity index (χ0n) is 17.7. The highest BCUT2D eigenvalue weighted by atomic mass is 32.2. The molecule has 1 unspecified atom stereocenters. The molecule has 5 nitrogen and oxygen atoms in total. The van der Waals surface area contributed by atoms with E-state index < -0.39 is 0 Å². The number of likely N-dealkylation sites (N-methyl/N-ethyl adjacent to an activating group) is 1. The van der Waals surface area contributed by atoms with Crippen LogP contribution < -0.4 is 5.32 Å². The summed E-state index contributed by atoms with van der Waals surface area (Å²) in [4.78, 5) is 11.3. The van der Waals surface area contributed by atoms with Crippen LogP contribution in [0.4, 0.5) is 0 Å². The fourth-order valence-electron chi connectivity index (χ4n) is 4.04. The highest BCUT2D eigenvalue weighted by molar-refractivity contribution is 7.99. The molecule has 2 saturated heterocycles. The van der Waals surface area contributed by atoms with Crippen molar-refractivity contribution in [2.45, 2.75) is 36.6 Å². The molecule has 0 aromatic heterocycles. The van der Waals surface area contributed by atoms with E-state index in [1.54, 1.807) is 0 Å². The predicted octanol–water partition coefficient (Wildman–Crippen LogP) is 3.18. The molecule has 0 bridgehead atoms. The Morgan fingerprint density at radius 1 is 1.29 bits per heavy atom. The molecule has 2 aliphatic heterocycles. The SMILES string of the molecule is CCNC(=NCC1(N(C)C)CCOCC1)N1CCC(CSc2ccccc2)C1. The Morgan fingerprint density at radius 3 is 2.71 bits per heavy atom.